The molecule has 88 valence electrons. The van der Waals surface area contributed by atoms with Gasteiger partial charge in [-0.3, -0.25) is 0 Å². The van der Waals surface area contributed by atoms with E-state index in [9.17, 15) is 8.78 Å². The molecule has 0 fully saturated rings. The fourth-order valence-electron chi connectivity index (χ4n) is 1.39. The molecule has 0 aliphatic rings. The largest absolute Gasteiger partial charge is 0.397 e. The van der Waals surface area contributed by atoms with E-state index in [0.29, 0.717) is 5.69 Å². The Morgan fingerprint density at radius 3 is 2.47 bits per heavy atom. The zero-order valence-electron chi connectivity index (χ0n) is 8.68. The second-order valence-corrected chi connectivity index (χ2v) is 4.28. The zero-order chi connectivity index (χ0) is 12.4. The number of para-hydroxylation sites is 1. The van der Waals surface area contributed by atoms with E-state index in [-0.39, 0.29) is 11.4 Å². The molecule has 0 aromatic heterocycles. The van der Waals surface area contributed by atoms with Gasteiger partial charge in [0.25, 0.3) is 0 Å². The van der Waals surface area contributed by atoms with Gasteiger partial charge in [0.2, 0.25) is 0 Å². The van der Waals surface area contributed by atoms with Crippen molar-refractivity contribution in [1.29, 1.82) is 0 Å². The number of rotatable bonds is 2. The van der Waals surface area contributed by atoms with E-state index in [2.05, 4.69) is 21.2 Å². The lowest BCUT2D eigenvalue weighted by atomic mass is 10.2. The van der Waals surface area contributed by atoms with Gasteiger partial charge in [-0.2, -0.15) is 0 Å². The van der Waals surface area contributed by atoms with Gasteiger partial charge in [-0.25, -0.2) is 8.78 Å². The van der Waals surface area contributed by atoms with Crippen molar-refractivity contribution in [3.8, 4) is 0 Å². The van der Waals surface area contributed by atoms with Gasteiger partial charge < -0.3 is 11.1 Å². The Hall–Kier alpha value is -1.62. The van der Waals surface area contributed by atoms with Gasteiger partial charge in [-0.15, -0.1) is 0 Å². The van der Waals surface area contributed by atoms with Crippen LogP contribution in [0.4, 0.5) is 25.8 Å². The van der Waals surface area contributed by atoms with Gasteiger partial charge in [-0.1, -0.05) is 12.1 Å². The minimum absolute atomic E-state index is 0.0584. The second kappa shape index (κ2) is 4.71. The monoisotopic (exact) mass is 298 g/mol. The predicted molar refractivity (Wildman–Crippen MR) is 68.2 cm³/mol. The lowest BCUT2D eigenvalue weighted by molar-refractivity contribution is 0.512. The molecule has 0 aliphatic carbocycles. The molecule has 0 saturated carbocycles. The third-order valence-corrected chi connectivity index (χ3v) is 2.95. The number of nitrogen functional groups attached to an aromatic ring is 1. The first-order valence-corrected chi connectivity index (χ1v) is 5.64. The number of hydrogen-bond donors (Lipinski definition) is 2. The molecule has 2 rings (SSSR count). The second-order valence-electron chi connectivity index (χ2n) is 3.43. The van der Waals surface area contributed by atoms with Gasteiger partial charge in [0, 0.05) is 4.47 Å². The summed E-state index contributed by atoms with van der Waals surface area (Å²) in [6, 6.07) is 9.43. The normalized spacial score (nSPS) is 10.3. The van der Waals surface area contributed by atoms with Crippen molar-refractivity contribution < 1.29 is 8.78 Å². The minimum Gasteiger partial charge on any atom is -0.397 e. The number of hydrogen-bond acceptors (Lipinski definition) is 2. The summed E-state index contributed by atoms with van der Waals surface area (Å²) < 4.78 is 27.4. The van der Waals surface area contributed by atoms with Crippen LogP contribution < -0.4 is 11.1 Å². The van der Waals surface area contributed by atoms with Crippen molar-refractivity contribution in [2.75, 3.05) is 11.1 Å². The number of nitrogens with one attached hydrogen (secondary N) is 1. The number of anilines is 3. The van der Waals surface area contributed by atoms with Gasteiger partial charge >= 0.3 is 0 Å². The summed E-state index contributed by atoms with van der Waals surface area (Å²) in [5, 5.41) is 2.76. The van der Waals surface area contributed by atoms with Crippen LogP contribution in [-0.2, 0) is 0 Å². The van der Waals surface area contributed by atoms with Crippen molar-refractivity contribution in [3.05, 3.63) is 52.5 Å². The Kier molecular flexibility index (Phi) is 3.28. The van der Waals surface area contributed by atoms with Crippen LogP contribution in [0.15, 0.2) is 40.9 Å². The maximum atomic E-state index is 13.5. The molecule has 0 aliphatic heterocycles. The summed E-state index contributed by atoms with van der Waals surface area (Å²) in [6.45, 7) is 0. The van der Waals surface area contributed by atoms with Crippen molar-refractivity contribution >= 4 is 33.0 Å². The average Bonchev–Trinajstić information content (AvgIpc) is 2.32. The van der Waals surface area contributed by atoms with Crippen LogP contribution in [0.25, 0.3) is 0 Å². The summed E-state index contributed by atoms with van der Waals surface area (Å²) >= 11 is 3.30. The Balaban J connectivity index is 2.43. The highest BCUT2D eigenvalue weighted by Crippen LogP contribution is 2.31. The van der Waals surface area contributed by atoms with Crippen LogP contribution in [0.2, 0.25) is 0 Å². The van der Waals surface area contributed by atoms with Crippen molar-refractivity contribution in [1.82, 2.24) is 0 Å². The molecule has 2 aromatic carbocycles. The third-order valence-electron chi connectivity index (χ3n) is 2.26. The molecule has 3 N–H and O–H groups in total. The molecule has 0 atom stereocenters. The first-order chi connectivity index (χ1) is 8.09. The average molecular weight is 299 g/mol. The molecule has 0 amide bonds. The van der Waals surface area contributed by atoms with Gasteiger partial charge in [0.15, 0.2) is 11.6 Å². The van der Waals surface area contributed by atoms with Crippen LogP contribution in [0, 0.1) is 11.6 Å². The molecule has 0 heterocycles. The maximum Gasteiger partial charge on any atom is 0.184 e. The Labute approximate surface area is 106 Å². The standard InChI is InChI=1S/C12H9BrF2N2/c13-7-3-1-2-4-10(7)17-12-9(16)6-5-8(14)11(12)15/h1-6,17H,16H2. The molecular formula is C12H9BrF2N2. The molecule has 17 heavy (non-hydrogen) atoms. The fourth-order valence-corrected chi connectivity index (χ4v) is 1.77. The Bertz CT molecular complexity index is 558. The van der Waals surface area contributed by atoms with Gasteiger partial charge in [0.1, 0.15) is 5.69 Å². The first kappa shape index (κ1) is 11.9. The molecular weight excluding hydrogens is 290 g/mol. The van der Waals surface area contributed by atoms with Crippen LogP contribution in [0.5, 0.6) is 0 Å². The van der Waals surface area contributed by atoms with Crippen LogP contribution in [-0.4, -0.2) is 0 Å². The number of benzene rings is 2. The molecule has 0 spiro atoms. The first-order valence-electron chi connectivity index (χ1n) is 4.84. The van der Waals surface area contributed by atoms with Crippen LogP contribution in [0.3, 0.4) is 0 Å². The lowest BCUT2D eigenvalue weighted by Crippen LogP contribution is -2.01. The molecule has 2 nitrogen and oxygen atoms in total. The Morgan fingerprint density at radius 2 is 1.76 bits per heavy atom. The summed E-state index contributed by atoms with van der Waals surface area (Å²) in [5.74, 6) is -1.92. The van der Waals surface area contributed by atoms with Gasteiger partial charge in [-0.05, 0) is 40.2 Å². The number of nitrogens with two attached hydrogens (primary N) is 1. The Morgan fingerprint density at radius 1 is 1.06 bits per heavy atom. The maximum absolute atomic E-state index is 13.5. The summed E-state index contributed by atoms with van der Waals surface area (Å²) in [4.78, 5) is 0. The van der Waals surface area contributed by atoms with E-state index in [1.54, 1.807) is 18.2 Å². The van der Waals surface area contributed by atoms with E-state index < -0.39 is 11.6 Å². The van der Waals surface area contributed by atoms with Crippen molar-refractivity contribution in [2.45, 2.75) is 0 Å². The number of halogens is 3. The van der Waals surface area contributed by atoms with Crippen LogP contribution in [0.1, 0.15) is 0 Å². The highest BCUT2D eigenvalue weighted by molar-refractivity contribution is 9.10. The molecule has 0 unspecified atom stereocenters. The third kappa shape index (κ3) is 2.39. The quantitative estimate of drug-likeness (QED) is 0.821. The molecule has 0 radical (unpaired) electrons. The topological polar surface area (TPSA) is 38.0 Å². The molecule has 0 saturated heterocycles. The summed E-state index contributed by atoms with van der Waals surface area (Å²) in [7, 11) is 0. The summed E-state index contributed by atoms with van der Waals surface area (Å²) in [6.07, 6.45) is 0. The lowest BCUT2D eigenvalue weighted by Gasteiger charge is -2.12. The molecule has 0 bridgehead atoms. The summed E-state index contributed by atoms with van der Waals surface area (Å²) in [5.41, 5.74) is 6.31. The van der Waals surface area contributed by atoms with Gasteiger partial charge in [0.05, 0.1) is 11.4 Å². The van der Waals surface area contributed by atoms with E-state index in [0.717, 1.165) is 10.5 Å². The van der Waals surface area contributed by atoms with Crippen molar-refractivity contribution in [2.24, 2.45) is 0 Å². The fraction of sp³-hybridized carbons (Fsp3) is 0. The molecule has 2 aromatic rings. The van der Waals surface area contributed by atoms with E-state index >= 15 is 0 Å². The van der Waals surface area contributed by atoms with Crippen LogP contribution >= 0.6 is 15.9 Å². The van der Waals surface area contributed by atoms with E-state index in [1.165, 1.54) is 6.07 Å². The smallest absolute Gasteiger partial charge is 0.184 e. The SMILES string of the molecule is Nc1ccc(F)c(F)c1Nc1ccccc1Br. The van der Waals surface area contributed by atoms with E-state index in [4.69, 9.17) is 5.73 Å². The predicted octanol–water partition coefficient (Wildman–Crippen LogP) is 4.05. The molecule has 5 heteroatoms. The van der Waals surface area contributed by atoms with E-state index in [1.807, 2.05) is 6.07 Å². The highest BCUT2D eigenvalue weighted by Gasteiger charge is 2.12. The highest BCUT2D eigenvalue weighted by atomic mass is 79.9. The van der Waals surface area contributed by atoms with Crippen molar-refractivity contribution in [3.63, 3.8) is 0 Å². The minimum atomic E-state index is -0.985. The zero-order valence-corrected chi connectivity index (χ0v) is 10.3.